The topological polar surface area (TPSA) is 110 Å². The van der Waals surface area contributed by atoms with Gasteiger partial charge in [0.05, 0.1) is 23.3 Å². The molecule has 3 atom stereocenters. The number of nitrogens with two attached hydrogens (primary N) is 1. The minimum atomic E-state index is 0.201. The van der Waals surface area contributed by atoms with Gasteiger partial charge in [0.25, 0.3) is 0 Å². The first kappa shape index (κ1) is 17.2. The average molecular weight is 374 g/mol. The molecule has 7 nitrogen and oxygen atoms in total. The number of hydroxylamine groups is 1. The summed E-state index contributed by atoms with van der Waals surface area (Å²) in [4.78, 5) is 8.98. The second-order valence-electron chi connectivity index (χ2n) is 7.61. The normalized spacial score (nSPS) is 23.2. The Morgan fingerprint density at radius 1 is 0.893 bits per heavy atom. The smallest absolute Gasteiger partial charge is 0.115 e. The Morgan fingerprint density at radius 2 is 1.57 bits per heavy atom. The predicted molar refractivity (Wildman–Crippen MR) is 105 cm³/mol. The van der Waals surface area contributed by atoms with Gasteiger partial charge in [-0.15, -0.1) is 10.2 Å². The Morgan fingerprint density at radius 3 is 2.11 bits per heavy atom. The summed E-state index contributed by atoms with van der Waals surface area (Å²) in [6.07, 6.45) is 7.22. The maximum absolute atomic E-state index is 9.42. The molecular weight excluding hydrogens is 352 g/mol. The highest BCUT2D eigenvalue weighted by Crippen LogP contribution is 2.48. The molecule has 3 aromatic heterocycles. The first-order chi connectivity index (χ1) is 13.8. The van der Waals surface area contributed by atoms with Crippen LogP contribution >= 0.6 is 0 Å². The summed E-state index contributed by atoms with van der Waals surface area (Å²) < 4.78 is 0. The average Bonchev–Trinajstić information content (AvgIpc) is 3.40. The standard InChI is InChI=1S/C21H22N6O/c22-12-4-9-18(24-11-12)21-16-8-6-14-13(19(14)27-28)5-7-15(16)20(25-26-21)17-3-1-2-10-23-17/h1-4,9-11,13-14,19,27-28H,5-8,22H2/t13-,14+,19?/m0/s1. The summed E-state index contributed by atoms with van der Waals surface area (Å²) in [7, 11) is 0. The molecule has 4 N–H and O–H groups in total. The molecule has 28 heavy (non-hydrogen) atoms. The number of anilines is 1. The fraction of sp³-hybridized carbons (Fsp3) is 0.333. The maximum atomic E-state index is 9.42. The molecule has 0 radical (unpaired) electrons. The second-order valence-corrected chi connectivity index (χ2v) is 7.61. The monoisotopic (exact) mass is 374 g/mol. The third kappa shape index (κ3) is 2.93. The van der Waals surface area contributed by atoms with Crippen LogP contribution in [0.15, 0.2) is 42.7 Å². The van der Waals surface area contributed by atoms with Gasteiger partial charge in [-0.2, -0.15) is 0 Å². The van der Waals surface area contributed by atoms with Crippen LogP contribution in [0.25, 0.3) is 22.8 Å². The molecule has 2 aliphatic carbocycles. The summed E-state index contributed by atoms with van der Waals surface area (Å²) in [5, 5.41) is 18.5. The van der Waals surface area contributed by atoms with E-state index in [0.29, 0.717) is 17.5 Å². The van der Waals surface area contributed by atoms with Crippen molar-refractivity contribution in [1.82, 2.24) is 25.6 Å². The highest BCUT2D eigenvalue weighted by atomic mass is 16.5. The van der Waals surface area contributed by atoms with Gasteiger partial charge in [-0.3, -0.25) is 9.97 Å². The summed E-state index contributed by atoms with van der Waals surface area (Å²) >= 11 is 0. The molecule has 0 spiro atoms. The van der Waals surface area contributed by atoms with Crippen LogP contribution in [0.3, 0.4) is 0 Å². The van der Waals surface area contributed by atoms with Crippen molar-refractivity contribution in [3.05, 3.63) is 53.9 Å². The highest BCUT2D eigenvalue weighted by molar-refractivity contribution is 5.68. The molecule has 2 aliphatic rings. The van der Waals surface area contributed by atoms with E-state index in [9.17, 15) is 5.21 Å². The van der Waals surface area contributed by atoms with Gasteiger partial charge < -0.3 is 10.9 Å². The van der Waals surface area contributed by atoms with E-state index in [4.69, 9.17) is 5.73 Å². The van der Waals surface area contributed by atoms with E-state index >= 15 is 0 Å². The molecule has 1 fully saturated rings. The van der Waals surface area contributed by atoms with Crippen LogP contribution in [0.4, 0.5) is 5.69 Å². The van der Waals surface area contributed by atoms with Gasteiger partial charge in [0, 0.05) is 12.2 Å². The van der Waals surface area contributed by atoms with E-state index in [-0.39, 0.29) is 6.04 Å². The lowest BCUT2D eigenvalue weighted by Crippen LogP contribution is -2.13. The zero-order valence-corrected chi connectivity index (χ0v) is 15.4. The largest absolute Gasteiger partial charge is 0.397 e. The lowest BCUT2D eigenvalue weighted by molar-refractivity contribution is 0.150. The van der Waals surface area contributed by atoms with Crippen LogP contribution in [-0.2, 0) is 12.8 Å². The van der Waals surface area contributed by atoms with Crippen molar-refractivity contribution in [2.24, 2.45) is 11.8 Å². The number of nitrogen functional groups attached to an aromatic ring is 1. The number of rotatable bonds is 3. The number of nitrogens with zero attached hydrogens (tertiary/aromatic N) is 4. The lowest BCUT2D eigenvalue weighted by atomic mass is 9.90. The van der Waals surface area contributed by atoms with Gasteiger partial charge in [-0.25, -0.2) is 5.48 Å². The van der Waals surface area contributed by atoms with Crippen molar-refractivity contribution in [3.63, 3.8) is 0 Å². The molecule has 1 saturated carbocycles. The summed E-state index contributed by atoms with van der Waals surface area (Å²) in [5.41, 5.74) is 14.6. The third-order valence-corrected chi connectivity index (χ3v) is 6.06. The first-order valence-electron chi connectivity index (χ1n) is 9.67. The number of nitrogens with one attached hydrogen (secondary N) is 1. The quantitative estimate of drug-likeness (QED) is 0.605. The zero-order chi connectivity index (χ0) is 19.1. The van der Waals surface area contributed by atoms with Crippen LogP contribution in [-0.4, -0.2) is 31.4 Å². The number of hydrogen-bond acceptors (Lipinski definition) is 7. The van der Waals surface area contributed by atoms with E-state index in [1.807, 2.05) is 30.3 Å². The molecule has 0 aromatic carbocycles. The SMILES string of the molecule is Nc1ccc(-c2nnc(-c3ccccn3)c3c2CC[C@H]2C(NO)[C@H]2CC3)nc1. The van der Waals surface area contributed by atoms with Crippen LogP contribution in [0, 0.1) is 11.8 Å². The molecule has 0 saturated heterocycles. The fourth-order valence-corrected chi connectivity index (χ4v) is 4.55. The minimum absolute atomic E-state index is 0.201. The minimum Gasteiger partial charge on any atom is -0.397 e. The summed E-state index contributed by atoms with van der Waals surface area (Å²) in [5.74, 6) is 1.03. The van der Waals surface area contributed by atoms with Gasteiger partial charge >= 0.3 is 0 Å². The molecule has 1 unspecified atom stereocenters. The van der Waals surface area contributed by atoms with Crippen LogP contribution in [0.1, 0.15) is 24.0 Å². The maximum Gasteiger partial charge on any atom is 0.115 e. The first-order valence-corrected chi connectivity index (χ1v) is 9.67. The molecule has 142 valence electrons. The van der Waals surface area contributed by atoms with Gasteiger partial charge in [-0.05, 0) is 72.9 Å². The van der Waals surface area contributed by atoms with Crippen molar-refractivity contribution >= 4 is 5.69 Å². The molecule has 0 aliphatic heterocycles. The second kappa shape index (κ2) is 6.92. The predicted octanol–water partition coefficient (Wildman–Crippen LogP) is 2.66. The van der Waals surface area contributed by atoms with Crippen LogP contribution in [0.2, 0.25) is 0 Å². The lowest BCUT2D eigenvalue weighted by Gasteiger charge is -2.18. The van der Waals surface area contributed by atoms with Crippen LogP contribution < -0.4 is 11.2 Å². The Bertz CT molecular complexity index is 992. The van der Waals surface area contributed by atoms with Gasteiger partial charge in [0.2, 0.25) is 0 Å². The third-order valence-electron chi connectivity index (χ3n) is 6.06. The molecule has 3 aromatic rings. The molecular formula is C21H22N6O. The zero-order valence-electron chi connectivity index (χ0n) is 15.4. The van der Waals surface area contributed by atoms with Gasteiger partial charge in [-0.1, -0.05) is 6.07 Å². The van der Waals surface area contributed by atoms with E-state index in [2.05, 4.69) is 25.6 Å². The molecule has 0 amide bonds. The number of fused-ring (bicyclic) bond motifs is 2. The molecule has 7 heteroatoms. The van der Waals surface area contributed by atoms with Gasteiger partial charge in [0.1, 0.15) is 11.4 Å². The van der Waals surface area contributed by atoms with E-state index < -0.39 is 0 Å². The molecule has 3 heterocycles. The Hall–Kier alpha value is -2.90. The Kier molecular flexibility index (Phi) is 4.26. The van der Waals surface area contributed by atoms with Crippen molar-refractivity contribution in [2.75, 3.05) is 5.73 Å². The molecule has 0 bridgehead atoms. The van der Waals surface area contributed by atoms with E-state index in [1.165, 1.54) is 11.1 Å². The summed E-state index contributed by atoms with van der Waals surface area (Å²) in [6.45, 7) is 0. The Balaban J connectivity index is 1.63. The summed E-state index contributed by atoms with van der Waals surface area (Å²) in [6, 6.07) is 9.79. The number of pyridine rings is 2. The number of hydrogen-bond donors (Lipinski definition) is 3. The highest BCUT2D eigenvalue weighted by Gasteiger charge is 2.49. The van der Waals surface area contributed by atoms with Crippen molar-refractivity contribution in [3.8, 4) is 22.8 Å². The van der Waals surface area contributed by atoms with Crippen molar-refractivity contribution < 1.29 is 5.21 Å². The van der Waals surface area contributed by atoms with E-state index in [1.54, 1.807) is 12.4 Å². The Labute approximate surface area is 163 Å². The van der Waals surface area contributed by atoms with E-state index in [0.717, 1.165) is 48.5 Å². The van der Waals surface area contributed by atoms with Crippen LogP contribution in [0.5, 0.6) is 0 Å². The number of aromatic nitrogens is 4. The van der Waals surface area contributed by atoms with Crippen molar-refractivity contribution in [2.45, 2.75) is 31.7 Å². The van der Waals surface area contributed by atoms with Crippen molar-refractivity contribution in [1.29, 1.82) is 0 Å². The fourth-order valence-electron chi connectivity index (χ4n) is 4.55. The molecule has 5 rings (SSSR count). The van der Waals surface area contributed by atoms with Gasteiger partial charge in [0.15, 0.2) is 0 Å².